The number of benzene rings is 1. The Morgan fingerprint density at radius 1 is 1.00 bits per heavy atom. The maximum absolute atomic E-state index is 12.9. The van der Waals surface area contributed by atoms with Gasteiger partial charge in [-0.3, -0.25) is 19.2 Å². The van der Waals surface area contributed by atoms with Crippen molar-refractivity contribution in [2.75, 3.05) is 6.54 Å². The van der Waals surface area contributed by atoms with E-state index in [9.17, 15) is 29.1 Å². The summed E-state index contributed by atoms with van der Waals surface area (Å²) >= 11 is 0. The molecule has 0 saturated carbocycles. The molecule has 3 atom stereocenters. The number of aliphatic carboxylic acids is 1. The zero-order chi connectivity index (χ0) is 25.1. The Morgan fingerprint density at radius 3 is 2.29 bits per heavy atom. The summed E-state index contributed by atoms with van der Waals surface area (Å²) < 4.78 is 0. The Hall–Kier alpha value is -4.26. The van der Waals surface area contributed by atoms with Gasteiger partial charge in [-0.1, -0.05) is 30.3 Å². The minimum absolute atomic E-state index is 0.00954. The highest BCUT2D eigenvalue weighted by atomic mass is 16.4. The first kappa shape index (κ1) is 26.0. The number of primary amides is 1. The highest BCUT2D eigenvalue weighted by Gasteiger charge is 2.27. The fraction of sp³-hybridized carbons (Fsp3) is 0.333. The monoisotopic (exact) mass is 473 g/mol. The van der Waals surface area contributed by atoms with Crippen molar-refractivity contribution >= 4 is 29.6 Å². The number of carboxylic acids is 1. The first-order valence-corrected chi connectivity index (χ1v) is 10.3. The topological polar surface area (TPSA) is 222 Å². The van der Waals surface area contributed by atoms with Gasteiger partial charge in [0, 0.05) is 24.7 Å². The number of carbonyl (C=O) groups excluding carboxylic acids is 4. The second kappa shape index (κ2) is 12.7. The number of aromatic nitrogens is 2. The van der Waals surface area contributed by atoms with Crippen LogP contribution in [0.25, 0.3) is 0 Å². The predicted molar refractivity (Wildman–Crippen MR) is 119 cm³/mol. The lowest BCUT2D eigenvalue weighted by molar-refractivity contribution is -0.142. The van der Waals surface area contributed by atoms with Gasteiger partial charge in [-0.25, -0.2) is 9.78 Å². The number of hydrogen-bond donors (Lipinski definition) is 7. The Morgan fingerprint density at radius 2 is 1.71 bits per heavy atom. The van der Waals surface area contributed by atoms with E-state index in [-0.39, 0.29) is 12.8 Å². The van der Waals surface area contributed by atoms with Crippen molar-refractivity contribution in [3.05, 3.63) is 54.1 Å². The van der Waals surface area contributed by atoms with Crippen LogP contribution in [-0.4, -0.2) is 69.3 Å². The maximum Gasteiger partial charge on any atom is 0.326 e. The number of nitrogens with two attached hydrogens (primary N) is 2. The number of carbonyl (C=O) groups is 5. The van der Waals surface area contributed by atoms with Gasteiger partial charge in [-0.15, -0.1) is 0 Å². The van der Waals surface area contributed by atoms with Crippen molar-refractivity contribution in [1.29, 1.82) is 0 Å². The molecule has 2 rings (SSSR count). The molecule has 1 aromatic carbocycles. The number of H-pyrrole nitrogens is 1. The van der Waals surface area contributed by atoms with Gasteiger partial charge in [0.2, 0.25) is 23.6 Å². The molecule has 0 bridgehead atoms. The van der Waals surface area contributed by atoms with Crippen LogP contribution in [0.1, 0.15) is 17.7 Å². The highest BCUT2D eigenvalue weighted by Crippen LogP contribution is 2.05. The van der Waals surface area contributed by atoms with Crippen molar-refractivity contribution < 1.29 is 29.1 Å². The number of carboxylic acid groups (broad SMARTS) is 1. The molecule has 0 saturated heterocycles. The van der Waals surface area contributed by atoms with E-state index in [2.05, 4.69) is 25.9 Å². The third kappa shape index (κ3) is 8.70. The molecule has 0 spiro atoms. The lowest BCUT2D eigenvalue weighted by atomic mass is 10.0. The maximum atomic E-state index is 12.9. The summed E-state index contributed by atoms with van der Waals surface area (Å²) in [5.74, 6) is -4.24. The molecule has 0 radical (unpaired) electrons. The molecule has 13 heteroatoms. The minimum atomic E-state index is -1.24. The van der Waals surface area contributed by atoms with Crippen LogP contribution in [0.2, 0.25) is 0 Å². The average Bonchev–Trinajstić information content (AvgIpc) is 3.29. The molecule has 0 fully saturated rings. The van der Waals surface area contributed by atoms with Crippen molar-refractivity contribution in [3.8, 4) is 0 Å². The summed E-state index contributed by atoms with van der Waals surface area (Å²) in [7, 11) is 0. The number of nitrogens with zero attached hydrogens (tertiary/aromatic N) is 1. The van der Waals surface area contributed by atoms with Crippen LogP contribution in [0, 0.1) is 0 Å². The van der Waals surface area contributed by atoms with E-state index in [4.69, 9.17) is 11.5 Å². The van der Waals surface area contributed by atoms with Gasteiger partial charge in [-0.05, 0) is 5.56 Å². The summed E-state index contributed by atoms with van der Waals surface area (Å²) in [4.78, 5) is 66.4. The molecular weight excluding hydrogens is 446 g/mol. The molecule has 182 valence electrons. The predicted octanol–water partition coefficient (Wildman–Crippen LogP) is -2.43. The Labute approximate surface area is 194 Å². The van der Waals surface area contributed by atoms with E-state index in [1.54, 1.807) is 30.3 Å². The minimum Gasteiger partial charge on any atom is -0.480 e. The number of nitrogens with one attached hydrogen (secondary N) is 4. The number of imidazole rings is 1. The van der Waals surface area contributed by atoms with Crippen molar-refractivity contribution in [3.63, 3.8) is 0 Å². The van der Waals surface area contributed by atoms with Crippen LogP contribution in [-0.2, 0) is 36.8 Å². The van der Waals surface area contributed by atoms with Gasteiger partial charge in [0.25, 0.3) is 0 Å². The van der Waals surface area contributed by atoms with E-state index in [0.717, 1.165) is 0 Å². The number of aromatic amines is 1. The fourth-order valence-corrected chi connectivity index (χ4v) is 3.00. The molecule has 3 unspecified atom stereocenters. The lowest BCUT2D eigenvalue weighted by Crippen LogP contribution is -2.55. The van der Waals surface area contributed by atoms with Gasteiger partial charge in [0.05, 0.1) is 25.3 Å². The van der Waals surface area contributed by atoms with E-state index in [0.29, 0.717) is 11.3 Å². The van der Waals surface area contributed by atoms with Gasteiger partial charge in [0.1, 0.15) is 12.1 Å². The van der Waals surface area contributed by atoms with Crippen LogP contribution in [0.3, 0.4) is 0 Å². The summed E-state index contributed by atoms with van der Waals surface area (Å²) in [6.07, 6.45) is 2.48. The molecule has 0 aliphatic heterocycles. The summed E-state index contributed by atoms with van der Waals surface area (Å²) in [5, 5.41) is 16.7. The van der Waals surface area contributed by atoms with E-state index in [1.807, 2.05) is 0 Å². The smallest absolute Gasteiger partial charge is 0.326 e. The van der Waals surface area contributed by atoms with Crippen LogP contribution < -0.4 is 27.4 Å². The van der Waals surface area contributed by atoms with E-state index < -0.39 is 60.7 Å². The third-order valence-corrected chi connectivity index (χ3v) is 4.71. The zero-order valence-corrected chi connectivity index (χ0v) is 18.2. The van der Waals surface area contributed by atoms with Crippen LogP contribution >= 0.6 is 0 Å². The van der Waals surface area contributed by atoms with Gasteiger partial charge in [-0.2, -0.15) is 0 Å². The lowest BCUT2D eigenvalue weighted by Gasteiger charge is -2.21. The number of hydrogen-bond acceptors (Lipinski definition) is 7. The van der Waals surface area contributed by atoms with Crippen LogP contribution in [0.15, 0.2) is 42.9 Å². The summed E-state index contributed by atoms with van der Waals surface area (Å²) in [6.45, 7) is -0.523. The standard InChI is InChI=1S/C21H27N7O6/c22-14(8-17(23)29)19(31)25-10-18(30)27-15(7-13-9-24-11-26-13)20(32)28-16(21(33)34)6-12-4-2-1-3-5-12/h1-5,9,11,14-16H,6-8,10,22H2,(H2,23,29)(H,24,26)(H,25,31)(H,27,30)(H,28,32)(H,33,34). The zero-order valence-electron chi connectivity index (χ0n) is 18.2. The second-order valence-electron chi connectivity index (χ2n) is 7.48. The molecular formula is C21H27N7O6. The van der Waals surface area contributed by atoms with E-state index >= 15 is 0 Å². The Balaban J connectivity index is 2.03. The highest BCUT2D eigenvalue weighted by molar-refractivity contribution is 5.93. The molecule has 1 heterocycles. The fourth-order valence-electron chi connectivity index (χ4n) is 3.00. The Kier molecular flexibility index (Phi) is 9.71. The quantitative estimate of drug-likeness (QED) is 0.165. The van der Waals surface area contributed by atoms with Crippen molar-refractivity contribution in [2.24, 2.45) is 11.5 Å². The molecule has 1 aromatic heterocycles. The normalized spacial score (nSPS) is 13.2. The molecule has 0 aliphatic carbocycles. The first-order chi connectivity index (χ1) is 16.2. The molecule has 4 amide bonds. The Bertz CT molecular complexity index is 996. The summed E-state index contributed by atoms with van der Waals surface area (Å²) in [6, 6.07) is 5.14. The first-order valence-electron chi connectivity index (χ1n) is 10.3. The SMILES string of the molecule is NC(=O)CC(N)C(=O)NCC(=O)NC(Cc1cnc[nH]1)C(=O)NC(Cc1ccccc1)C(=O)O. The van der Waals surface area contributed by atoms with Crippen LogP contribution in [0.4, 0.5) is 0 Å². The molecule has 9 N–H and O–H groups in total. The van der Waals surface area contributed by atoms with E-state index in [1.165, 1.54) is 12.5 Å². The van der Waals surface area contributed by atoms with Crippen LogP contribution in [0.5, 0.6) is 0 Å². The molecule has 13 nitrogen and oxygen atoms in total. The van der Waals surface area contributed by atoms with Crippen molar-refractivity contribution in [1.82, 2.24) is 25.9 Å². The average molecular weight is 473 g/mol. The number of rotatable bonds is 13. The largest absolute Gasteiger partial charge is 0.480 e. The summed E-state index contributed by atoms with van der Waals surface area (Å²) in [5.41, 5.74) is 11.7. The molecule has 2 aromatic rings. The van der Waals surface area contributed by atoms with Gasteiger partial charge < -0.3 is 37.5 Å². The molecule has 0 aliphatic rings. The second-order valence-corrected chi connectivity index (χ2v) is 7.48. The van der Waals surface area contributed by atoms with Crippen molar-refractivity contribution in [2.45, 2.75) is 37.4 Å². The van der Waals surface area contributed by atoms with Gasteiger partial charge >= 0.3 is 5.97 Å². The molecule has 34 heavy (non-hydrogen) atoms. The number of amides is 4. The third-order valence-electron chi connectivity index (χ3n) is 4.71. The van der Waals surface area contributed by atoms with Gasteiger partial charge in [0.15, 0.2) is 0 Å².